The third kappa shape index (κ3) is 2.77. The number of anilines is 1. The van der Waals surface area contributed by atoms with Gasteiger partial charge in [0.15, 0.2) is 0 Å². The lowest BCUT2D eigenvalue weighted by Crippen LogP contribution is -2.11. The second kappa shape index (κ2) is 5.54. The third-order valence-corrected chi connectivity index (χ3v) is 4.36. The van der Waals surface area contributed by atoms with Crippen molar-refractivity contribution >= 4 is 29.0 Å². The molecule has 1 fully saturated rings. The van der Waals surface area contributed by atoms with Crippen LogP contribution in [0.1, 0.15) is 38.4 Å². The molecular weight excluding hydrogens is 305 g/mol. The highest BCUT2D eigenvalue weighted by Crippen LogP contribution is 2.44. The first-order valence-electron chi connectivity index (χ1n) is 7.29. The van der Waals surface area contributed by atoms with Gasteiger partial charge in [-0.1, -0.05) is 43.1 Å². The highest BCUT2D eigenvalue weighted by atomic mass is 35.5. The fourth-order valence-corrected chi connectivity index (χ4v) is 3.18. The predicted octanol–water partition coefficient (Wildman–Crippen LogP) is 4.97. The van der Waals surface area contributed by atoms with Crippen LogP contribution < -0.4 is 5.73 Å². The van der Waals surface area contributed by atoms with Crippen molar-refractivity contribution < 1.29 is 0 Å². The molecule has 3 rings (SSSR count). The topological polar surface area (TPSA) is 43.8 Å². The van der Waals surface area contributed by atoms with Crippen molar-refractivity contribution in [3.63, 3.8) is 0 Å². The second-order valence-electron chi connectivity index (χ2n) is 6.08. The summed E-state index contributed by atoms with van der Waals surface area (Å²) in [5, 5.41) is 1.18. The lowest BCUT2D eigenvalue weighted by Gasteiger charge is -2.12. The molecule has 21 heavy (non-hydrogen) atoms. The molecule has 3 nitrogen and oxygen atoms in total. The second-order valence-corrected chi connectivity index (χ2v) is 6.89. The van der Waals surface area contributed by atoms with E-state index in [9.17, 15) is 0 Å². The highest BCUT2D eigenvalue weighted by Gasteiger charge is 2.31. The Morgan fingerprint density at radius 1 is 1.29 bits per heavy atom. The van der Waals surface area contributed by atoms with Gasteiger partial charge in [0.2, 0.25) is 0 Å². The van der Waals surface area contributed by atoms with Crippen LogP contribution in [0.4, 0.5) is 5.82 Å². The SMILES string of the molecule is CC(C)Cn1c(C2CC2)nc(-c2c(Cl)cccc2Cl)c1N. The number of nitrogens with two attached hydrogens (primary N) is 1. The lowest BCUT2D eigenvalue weighted by atomic mass is 10.1. The average molecular weight is 324 g/mol. The van der Waals surface area contributed by atoms with Gasteiger partial charge in [-0.3, -0.25) is 0 Å². The zero-order valence-corrected chi connectivity index (χ0v) is 13.7. The molecule has 0 unspecified atom stereocenters. The Morgan fingerprint density at radius 3 is 2.43 bits per heavy atom. The smallest absolute Gasteiger partial charge is 0.131 e. The molecule has 2 aromatic rings. The van der Waals surface area contributed by atoms with Crippen LogP contribution in [0.3, 0.4) is 0 Å². The van der Waals surface area contributed by atoms with Crippen LogP contribution >= 0.6 is 23.2 Å². The number of benzene rings is 1. The largest absolute Gasteiger partial charge is 0.383 e. The van der Waals surface area contributed by atoms with E-state index >= 15 is 0 Å². The summed E-state index contributed by atoms with van der Waals surface area (Å²) >= 11 is 12.6. The van der Waals surface area contributed by atoms with E-state index < -0.39 is 0 Å². The van der Waals surface area contributed by atoms with Crippen molar-refractivity contribution in [2.45, 2.75) is 39.2 Å². The number of halogens is 2. The molecule has 0 bridgehead atoms. The van der Waals surface area contributed by atoms with Gasteiger partial charge in [0.25, 0.3) is 0 Å². The summed E-state index contributed by atoms with van der Waals surface area (Å²) in [5.41, 5.74) is 7.83. The van der Waals surface area contributed by atoms with E-state index in [2.05, 4.69) is 18.4 Å². The van der Waals surface area contributed by atoms with Crippen molar-refractivity contribution in [2.24, 2.45) is 5.92 Å². The molecule has 1 heterocycles. The molecule has 112 valence electrons. The molecule has 1 aliphatic rings. The maximum atomic E-state index is 6.37. The van der Waals surface area contributed by atoms with Crippen LogP contribution in [0, 0.1) is 5.92 Å². The van der Waals surface area contributed by atoms with Crippen molar-refractivity contribution in [3.8, 4) is 11.3 Å². The van der Waals surface area contributed by atoms with Crippen molar-refractivity contribution in [1.29, 1.82) is 0 Å². The number of rotatable bonds is 4. The van der Waals surface area contributed by atoms with Crippen molar-refractivity contribution in [2.75, 3.05) is 5.73 Å². The first kappa shape index (κ1) is 14.7. The molecule has 0 aliphatic heterocycles. The molecule has 0 radical (unpaired) electrons. The van der Waals surface area contributed by atoms with Crippen LogP contribution in [-0.4, -0.2) is 9.55 Å². The Bertz CT molecular complexity index is 652. The molecule has 1 aromatic carbocycles. The van der Waals surface area contributed by atoms with Gasteiger partial charge in [-0.25, -0.2) is 4.98 Å². The van der Waals surface area contributed by atoms with Gasteiger partial charge < -0.3 is 10.3 Å². The molecule has 1 aromatic heterocycles. The summed E-state index contributed by atoms with van der Waals surface area (Å²) in [5.74, 6) is 2.78. The zero-order chi connectivity index (χ0) is 15.1. The number of nitrogen functional groups attached to an aromatic ring is 1. The Balaban J connectivity index is 2.15. The molecule has 0 atom stereocenters. The Kier molecular flexibility index (Phi) is 3.89. The number of nitrogens with zero attached hydrogens (tertiary/aromatic N) is 2. The Hall–Kier alpha value is -1.19. The number of imidazole rings is 1. The predicted molar refractivity (Wildman–Crippen MR) is 88.9 cm³/mol. The van der Waals surface area contributed by atoms with E-state index in [1.165, 1.54) is 12.8 Å². The molecule has 0 spiro atoms. The monoisotopic (exact) mass is 323 g/mol. The van der Waals surface area contributed by atoms with Gasteiger partial charge in [0, 0.05) is 18.0 Å². The molecule has 5 heteroatoms. The molecular formula is C16H19Cl2N3. The van der Waals surface area contributed by atoms with Crippen LogP contribution in [-0.2, 0) is 6.54 Å². The number of aromatic nitrogens is 2. The quantitative estimate of drug-likeness (QED) is 0.862. The highest BCUT2D eigenvalue weighted by molar-refractivity contribution is 6.39. The first-order valence-corrected chi connectivity index (χ1v) is 8.05. The standard InChI is InChI=1S/C16H19Cl2N3/c1-9(2)8-21-15(19)14(20-16(21)10-6-7-10)13-11(17)4-3-5-12(13)18/h3-5,9-10H,6-8,19H2,1-2H3. The molecule has 1 saturated carbocycles. The van der Waals surface area contributed by atoms with Gasteiger partial charge >= 0.3 is 0 Å². The normalized spacial score (nSPS) is 14.9. The molecule has 1 aliphatic carbocycles. The summed E-state index contributed by atoms with van der Waals surface area (Å²) in [6.07, 6.45) is 2.37. The van der Waals surface area contributed by atoms with E-state index in [0.717, 1.165) is 17.9 Å². The fourth-order valence-electron chi connectivity index (χ4n) is 2.60. The van der Waals surface area contributed by atoms with E-state index in [4.69, 9.17) is 33.9 Å². The van der Waals surface area contributed by atoms with E-state index in [1.54, 1.807) is 0 Å². The van der Waals surface area contributed by atoms with Crippen LogP contribution in [0.2, 0.25) is 10.0 Å². The minimum atomic E-state index is 0.508. The van der Waals surface area contributed by atoms with Gasteiger partial charge in [-0.15, -0.1) is 0 Å². The summed E-state index contributed by atoms with van der Waals surface area (Å²) in [6, 6.07) is 5.47. The average Bonchev–Trinajstić information content (AvgIpc) is 3.19. The maximum absolute atomic E-state index is 6.37. The van der Waals surface area contributed by atoms with Gasteiger partial charge in [0.1, 0.15) is 17.3 Å². The third-order valence-electron chi connectivity index (χ3n) is 3.73. The van der Waals surface area contributed by atoms with Gasteiger partial charge in [0.05, 0.1) is 10.0 Å². The maximum Gasteiger partial charge on any atom is 0.131 e. The minimum Gasteiger partial charge on any atom is -0.383 e. The summed E-state index contributed by atoms with van der Waals surface area (Å²) < 4.78 is 2.14. The molecule has 0 saturated heterocycles. The Labute approximate surface area is 135 Å². The summed E-state index contributed by atoms with van der Waals surface area (Å²) in [4.78, 5) is 4.79. The van der Waals surface area contributed by atoms with E-state index in [-0.39, 0.29) is 0 Å². The van der Waals surface area contributed by atoms with E-state index in [1.807, 2.05) is 18.2 Å². The van der Waals surface area contributed by atoms with E-state index in [0.29, 0.717) is 33.4 Å². The number of hydrogen-bond acceptors (Lipinski definition) is 2. The fraction of sp³-hybridized carbons (Fsp3) is 0.438. The zero-order valence-electron chi connectivity index (χ0n) is 12.2. The lowest BCUT2D eigenvalue weighted by molar-refractivity contribution is 0.512. The van der Waals surface area contributed by atoms with Gasteiger partial charge in [-0.05, 0) is 30.9 Å². The molecule has 0 amide bonds. The minimum absolute atomic E-state index is 0.508. The summed E-state index contributed by atoms with van der Waals surface area (Å²) in [7, 11) is 0. The molecule has 2 N–H and O–H groups in total. The Morgan fingerprint density at radius 2 is 1.90 bits per heavy atom. The van der Waals surface area contributed by atoms with Gasteiger partial charge in [-0.2, -0.15) is 0 Å². The van der Waals surface area contributed by atoms with Crippen LogP contribution in [0.15, 0.2) is 18.2 Å². The van der Waals surface area contributed by atoms with Crippen molar-refractivity contribution in [3.05, 3.63) is 34.1 Å². The number of hydrogen-bond donors (Lipinski definition) is 1. The van der Waals surface area contributed by atoms with Crippen LogP contribution in [0.5, 0.6) is 0 Å². The van der Waals surface area contributed by atoms with Crippen LogP contribution in [0.25, 0.3) is 11.3 Å². The van der Waals surface area contributed by atoms with Crippen molar-refractivity contribution in [1.82, 2.24) is 9.55 Å². The summed E-state index contributed by atoms with van der Waals surface area (Å²) in [6.45, 7) is 5.23. The first-order chi connectivity index (χ1) is 9.99.